The summed E-state index contributed by atoms with van der Waals surface area (Å²) in [5.41, 5.74) is 0.958. The molecule has 4 nitrogen and oxygen atoms in total. The first kappa shape index (κ1) is 10.3. The van der Waals surface area contributed by atoms with Crippen LogP contribution in [0, 0.1) is 0 Å². The average molecular weight is 242 g/mol. The van der Waals surface area contributed by atoms with Gasteiger partial charge in [-0.05, 0) is 17.8 Å². The molecule has 0 amide bonds. The lowest BCUT2D eigenvalue weighted by Gasteiger charge is -2.03. The highest BCUT2D eigenvalue weighted by Gasteiger charge is 2.07. The van der Waals surface area contributed by atoms with Gasteiger partial charge in [0.1, 0.15) is 11.4 Å². The highest BCUT2D eigenvalue weighted by Crippen LogP contribution is 2.29. The van der Waals surface area contributed by atoms with Crippen LogP contribution in [0.3, 0.4) is 0 Å². The van der Waals surface area contributed by atoms with E-state index in [9.17, 15) is 0 Å². The van der Waals surface area contributed by atoms with Gasteiger partial charge in [-0.3, -0.25) is 0 Å². The van der Waals surface area contributed by atoms with Crippen LogP contribution in [0.1, 0.15) is 0 Å². The fourth-order valence-corrected chi connectivity index (χ4v) is 2.47. The number of para-hydroxylation sites is 1. The van der Waals surface area contributed by atoms with Crippen molar-refractivity contribution in [3.8, 4) is 0 Å². The van der Waals surface area contributed by atoms with Gasteiger partial charge in [0, 0.05) is 24.8 Å². The van der Waals surface area contributed by atoms with Crippen LogP contribution in [0.2, 0.25) is 0 Å². The van der Waals surface area contributed by atoms with Gasteiger partial charge >= 0.3 is 0 Å². The molecule has 0 N–H and O–H groups in total. The zero-order valence-corrected chi connectivity index (χ0v) is 10.1. The SMILES string of the molecule is Cn1ccnc1Sc1ncnc2ccccc12. The van der Waals surface area contributed by atoms with E-state index >= 15 is 0 Å². The lowest BCUT2D eigenvalue weighted by molar-refractivity contribution is 0.789. The van der Waals surface area contributed by atoms with Gasteiger partial charge in [-0.15, -0.1) is 0 Å². The molecule has 0 aliphatic heterocycles. The molecule has 3 rings (SSSR count). The molecule has 5 heteroatoms. The summed E-state index contributed by atoms with van der Waals surface area (Å²) in [7, 11) is 1.97. The van der Waals surface area contributed by atoms with Crippen LogP contribution >= 0.6 is 11.8 Å². The standard InChI is InChI=1S/C12H10N4S/c1-16-7-6-13-12(16)17-11-9-4-2-3-5-10(9)14-8-15-11/h2-8H,1H3. The number of benzene rings is 1. The monoisotopic (exact) mass is 242 g/mol. The summed E-state index contributed by atoms with van der Waals surface area (Å²) < 4.78 is 1.97. The van der Waals surface area contributed by atoms with Crippen LogP contribution in [0.4, 0.5) is 0 Å². The fraction of sp³-hybridized carbons (Fsp3) is 0.0833. The molecule has 0 aliphatic carbocycles. The highest BCUT2D eigenvalue weighted by molar-refractivity contribution is 7.99. The molecule has 0 fully saturated rings. The van der Waals surface area contributed by atoms with Crippen LogP contribution in [-0.4, -0.2) is 19.5 Å². The molecule has 0 aliphatic rings. The Morgan fingerprint density at radius 1 is 1.12 bits per heavy atom. The number of hydrogen-bond donors (Lipinski definition) is 0. The normalized spacial score (nSPS) is 10.9. The van der Waals surface area contributed by atoms with Gasteiger partial charge in [0.15, 0.2) is 5.16 Å². The first-order valence-corrected chi connectivity index (χ1v) is 6.01. The van der Waals surface area contributed by atoms with Gasteiger partial charge in [0.2, 0.25) is 0 Å². The second-order valence-electron chi connectivity index (χ2n) is 3.62. The Hall–Kier alpha value is -1.88. The third-order valence-corrected chi connectivity index (χ3v) is 3.57. The van der Waals surface area contributed by atoms with Crippen LogP contribution in [-0.2, 0) is 7.05 Å². The highest BCUT2D eigenvalue weighted by atomic mass is 32.2. The summed E-state index contributed by atoms with van der Waals surface area (Å²) in [4.78, 5) is 12.8. The van der Waals surface area contributed by atoms with Crippen molar-refractivity contribution < 1.29 is 0 Å². The van der Waals surface area contributed by atoms with E-state index in [4.69, 9.17) is 0 Å². The molecular formula is C12H10N4S. The second kappa shape index (κ2) is 4.18. The van der Waals surface area contributed by atoms with E-state index in [0.29, 0.717) is 0 Å². The van der Waals surface area contributed by atoms with E-state index < -0.39 is 0 Å². The summed E-state index contributed by atoms with van der Waals surface area (Å²) in [6.45, 7) is 0. The van der Waals surface area contributed by atoms with Crippen LogP contribution in [0.15, 0.2) is 53.2 Å². The molecule has 0 saturated heterocycles. The van der Waals surface area contributed by atoms with E-state index in [2.05, 4.69) is 15.0 Å². The Labute approximate surface area is 103 Å². The van der Waals surface area contributed by atoms with Gasteiger partial charge in [-0.1, -0.05) is 18.2 Å². The molecule has 84 valence electrons. The molecule has 2 heterocycles. The average Bonchev–Trinajstić information content (AvgIpc) is 2.76. The number of aryl methyl sites for hydroxylation is 1. The molecule has 0 saturated carbocycles. The number of aromatic nitrogens is 4. The molecule has 17 heavy (non-hydrogen) atoms. The Kier molecular flexibility index (Phi) is 2.53. The minimum Gasteiger partial charge on any atom is -0.329 e. The first-order chi connectivity index (χ1) is 8.34. The van der Waals surface area contributed by atoms with Crippen molar-refractivity contribution in [2.24, 2.45) is 7.05 Å². The summed E-state index contributed by atoms with van der Waals surface area (Å²) in [6.07, 6.45) is 5.30. The Bertz CT molecular complexity index is 657. The quantitative estimate of drug-likeness (QED) is 0.648. The summed E-state index contributed by atoms with van der Waals surface area (Å²) in [6, 6.07) is 7.98. The van der Waals surface area contributed by atoms with Gasteiger partial charge in [-0.2, -0.15) is 0 Å². The predicted octanol–water partition coefficient (Wildman–Crippen LogP) is 2.51. The van der Waals surface area contributed by atoms with Crippen molar-refractivity contribution in [3.63, 3.8) is 0 Å². The number of fused-ring (bicyclic) bond motifs is 1. The second-order valence-corrected chi connectivity index (χ2v) is 4.57. The van der Waals surface area contributed by atoms with Gasteiger partial charge < -0.3 is 4.57 Å². The molecule has 2 aromatic heterocycles. The van der Waals surface area contributed by atoms with Gasteiger partial charge in [0.25, 0.3) is 0 Å². The van der Waals surface area contributed by atoms with E-state index in [1.807, 2.05) is 42.1 Å². The van der Waals surface area contributed by atoms with E-state index in [0.717, 1.165) is 21.1 Å². The lowest BCUT2D eigenvalue weighted by atomic mass is 10.2. The number of imidazole rings is 1. The summed E-state index contributed by atoms with van der Waals surface area (Å²) >= 11 is 1.55. The largest absolute Gasteiger partial charge is 0.329 e. The van der Waals surface area contributed by atoms with Crippen molar-refractivity contribution in [3.05, 3.63) is 43.0 Å². The van der Waals surface area contributed by atoms with Crippen molar-refractivity contribution in [1.82, 2.24) is 19.5 Å². The maximum atomic E-state index is 4.32. The lowest BCUT2D eigenvalue weighted by Crippen LogP contribution is -1.91. The number of rotatable bonds is 2. The Morgan fingerprint density at radius 2 is 2.00 bits per heavy atom. The van der Waals surface area contributed by atoms with Crippen molar-refractivity contribution in [2.45, 2.75) is 10.2 Å². The molecule has 0 bridgehead atoms. The Balaban J connectivity index is 2.09. The van der Waals surface area contributed by atoms with E-state index in [-0.39, 0.29) is 0 Å². The van der Waals surface area contributed by atoms with Crippen molar-refractivity contribution in [2.75, 3.05) is 0 Å². The topological polar surface area (TPSA) is 43.6 Å². The van der Waals surface area contributed by atoms with Gasteiger partial charge in [-0.25, -0.2) is 15.0 Å². The summed E-state index contributed by atoms with van der Waals surface area (Å²) in [5, 5.41) is 2.92. The smallest absolute Gasteiger partial charge is 0.174 e. The molecular weight excluding hydrogens is 232 g/mol. The van der Waals surface area contributed by atoms with Gasteiger partial charge in [0.05, 0.1) is 5.52 Å². The molecule has 3 aromatic rings. The minimum absolute atomic E-state index is 0.925. The molecule has 0 unspecified atom stereocenters. The van der Waals surface area contributed by atoms with Crippen LogP contribution in [0.5, 0.6) is 0 Å². The fourth-order valence-electron chi connectivity index (χ4n) is 1.60. The Morgan fingerprint density at radius 3 is 2.82 bits per heavy atom. The van der Waals surface area contributed by atoms with E-state index in [1.165, 1.54) is 0 Å². The maximum absolute atomic E-state index is 4.32. The molecule has 0 atom stereocenters. The zero-order chi connectivity index (χ0) is 11.7. The van der Waals surface area contributed by atoms with E-state index in [1.54, 1.807) is 24.3 Å². The third kappa shape index (κ3) is 1.89. The summed E-state index contributed by atoms with van der Waals surface area (Å²) in [5.74, 6) is 0. The predicted molar refractivity (Wildman–Crippen MR) is 66.9 cm³/mol. The number of hydrogen-bond acceptors (Lipinski definition) is 4. The molecule has 0 radical (unpaired) electrons. The zero-order valence-electron chi connectivity index (χ0n) is 9.24. The van der Waals surface area contributed by atoms with Crippen molar-refractivity contribution in [1.29, 1.82) is 0 Å². The third-order valence-electron chi connectivity index (χ3n) is 2.47. The van der Waals surface area contributed by atoms with Crippen LogP contribution < -0.4 is 0 Å². The number of nitrogens with zero attached hydrogens (tertiary/aromatic N) is 4. The first-order valence-electron chi connectivity index (χ1n) is 5.19. The van der Waals surface area contributed by atoms with Crippen LogP contribution in [0.25, 0.3) is 10.9 Å². The molecule has 1 aromatic carbocycles. The minimum atomic E-state index is 0.925. The maximum Gasteiger partial charge on any atom is 0.174 e. The van der Waals surface area contributed by atoms with Crippen molar-refractivity contribution >= 4 is 22.7 Å². The molecule has 0 spiro atoms.